The number of aromatic nitrogens is 1. The third-order valence-corrected chi connectivity index (χ3v) is 4.67. The normalized spacial score (nSPS) is 10.7. The van der Waals surface area contributed by atoms with Gasteiger partial charge < -0.3 is 19.3 Å². The number of amides is 1. The number of nitrogens with zero attached hydrogens (tertiary/aromatic N) is 1. The molecule has 0 radical (unpaired) electrons. The van der Waals surface area contributed by atoms with Gasteiger partial charge in [-0.05, 0) is 35.0 Å². The van der Waals surface area contributed by atoms with Crippen LogP contribution in [0.2, 0.25) is 0 Å². The summed E-state index contributed by atoms with van der Waals surface area (Å²) < 4.78 is 15.9. The molecule has 0 unspecified atom stereocenters. The molecule has 146 valence electrons. The average molecular weight is 388 g/mol. The molecule has 1 heterocycles. The van der Waals surface area contributed by atoms with Crippen LogP contribution in [0, 0.1) is 0 Å². The molecule has 6 heteroatoms. The van der Waals surface area contributed by atoms with Crippen LogP contribution in [-0.4, -0.2) is 25.3 Å². The smallest absolute Gasteiger partial charge is 0.251 e. The van der Waals surface area contributed by atoms with Gasteiger partial charge >= 0.3 is 0 Å². The highest BCUT2D eigenvalue weighted by atomic mass is 16.5. The molecule has 0 saturated heterocycles. The summed E-state index contributed by atoms with van der Waals surface area (Å²) in [5.74, 6) is 1.49. The van der Waals surface area contributed by atoms with E-state index in [0.717, 1.165) is 16.3 Å². The van der Waals surface area contributed by atoms with Crippen LogP contribution in [0.25, 0.3) is 22.1 Å². The molecule has 0 aliphatic carbocycles. The number of rotatable bonds is 6. The molecule has 3 aromatic carbocycles. The minimum Gasteiger partial charge on any atom is -0.493 e. The largest absolute Gasteiger partial charge is 0.493 e. The lowest BCUT2D eigenvalue weighted by Gasteiger charge is -2.09. The predicted molar refractivity (Wildman–Crippen MR) is 110 cm³/mol. The number of nitrogens with one attached hydrogen (secondary N) is 1. The van der Waals surface area contributed by atoms with Crippen molar-refractivity contribution in [3.63, 3.8) is 0 Å². The fraction of sp³-hybridized carbons (Fsp3) is 0.130. The molecule has 4 rings (SSSR count). The zero-order chi connectivity index (χ0) is 20.2. The van der Waals surface area contributed by atoms with Crippen molar-refractivity contribution in [2.45, 2.75) is 6.54 Å². The molecule has 1 amide bonds. The van der Waals surface area contributed by atoms with Crippen LogP contribution in [0.5, 0.6) is 11.5 Å². The Morgan fingerprint density at radius 2 is 1.72 bits per heavy atom. The maximum Gasteiger partial charge on any atom is 0.251 e. The van der Waals surface area contributed by atoms with Crippen LogP contribution in [0.1, 0.15) is 16.1 Å². The topological polar surface area (TPSA) is 73.6 Å². The van der Waals surface area contributed by atoms with Gasteiger partial charge in [0.05, 0.1) is 20.8 Å². The van der Waals surface area contributed by atoms with E-state index in [2.05, 4.69) is 28.7 Å². The number of hydrogen-bond donors (Lipinski definition) is 1. The number of methoxy groups -OCH3 is 2. The van der Waals surface area contributed by atoms with Crippen molar-refractivity contribution in [2.24, 2.45) is 0 Å². The van der Waals surface area contributed by atoms with Crippen LogP contribution in [-0.2, 0) is 6.54 Å². The van der Waals surface area contributed by atoms with Gasteiger partial charge in [-0.1, -0.05) is 41.6 Å². The summed E-state index contributed by atoms with van der Waals surface area (Å²) in [6.45, 7) is 0.254. The first-order chi connectivity index (χ1) is 14.2. The summed E-state index contributed by atoms with van der Waals surface area (Å²) in [7, 11) is 3.08. The minimum absolute atomic E-state index is 0.235. The number of ether oxygens (including phenoxy) is 2. The first kappa shape index (κ1) is 18.6. The molecule has 0 spiro atoms. The number of carbonyl (C=O) groups is 1. The highest BCUT2D eigenvalue weighted by Crippen LogP contribution is 2.28. The minimum atomic E-state index is -0.235. The van der Waals surface area contributed by atoms with E-state index < -0.39 is 0 Å². The molecule has 6 nitrogen and oxygen atoms in total. The van der Waals surface area contributed by atoms with Gasteiger partial charge in [-0.3, -0.25) is 4.79 Å². The maximum atomic E-state index is 12.4. The third kappa shape index (κ3) is 3.91. The SMILES string of the molecule is COc1ccc(C(=O)NCc2cc(-c3ccc4ccccc4c3)on2)cc1OC. The Morgan fingerprint density at radius 3 is 2.52 bits per heavy atom. The van der Waals surface area contributed by atoms with Gasteiger partial charge in [-0.25, -0.2) is 0 Å². The Labute approximate surface area is 168 Å². The highest BCUT2D eigenvalue weighted by Gasteiger charge is 2.12. The predicted octanol–water partition coefficient (Wildman–Crippen LogP) is 4.44. The molecule has 0 aliphatic rings. The van der Waals surface area contributed by atoms with Crippen molar-refractivity contribution in [1.82, 2.24) is 10.5 Å². The summed E-state index contributed by atoms with van der Waals surface area (Å²) in [6.07, 6.45) is 0. The summed E-state index contributed by atoms with van der Waals surface area (Å²) in [5.41, 5.74) is 2.05. The highest BCUT2D eigenvalue weighted by molar-refractivity contribution is 5.94. The number of benzene rings is 3. The number of carbonyl (C=O) groups excluding carboxylic acids is 1. The lowest BCUT2D eigenvalue weighted by atomic mass is 10.1. The lowest BCUT2D eigenvalue weighted by molar-refractivity contribution is 0.0949. The van der Waals surface area contributed by atoms with E-state index in [-0.39, 0.29) is 12.5 Å². The summed E-state index contributed by atoms with van der Waals surface area (Å²) in [5, 5.41) is 9.20. The van der Waals surface area contributed by atoms with E-state index in [0.29, 0.717) is 28.5 Å². The van der Waals surface area contributed by atoms with Gasteiger partial charge in [0, 0.05) is 17.2 Å². The fourth-order valence-corrected chi connectivity index (χ4v) is 3.12. The van der Waals surface area contributed by atoms with E-state index in [9.17, 15) is 4.79 Å². The molecule has 4 aromatic rings. The van der Waals surface area contributed by atoms with Gasteiger partial charge in [0.15, 0.2) is 17.3 Å². The Morgan fingerprint density at radius 1 is 0.931 bits per heavy atom. The van der Waals surface area contributed by atoms with Crippen molar-refractivity contribution in [1.29, 1.82) is 0 Å². The Balaban J connectivity index is 1.45. The van der Waals surface area contributed by atoms with Gasteiger partial charge in [0.1, 0.15) is 5.69 Å². The number of hydrogen-bond acceptors (Lipinski definition) is 5. The van der Waals surface area contributed by atoms with E-state index in [4.69, 9.17) is 14.0 Å². The van der Waals surface area contributed by atoms with Crippen molar-refractivity contribution >= 4 is 16.7 Å². The molecule has 1 N–H and O–H groups in total. The Hall–Kier alpha value is -3.80. The van der Waals surface area contributed by atoms with Crippen LogP contribution in [0.4, 0.5) is 0 Å². The van der Waals surface area contributed by atoms with Crippen LogP contribution < -0.4 is 14.8 Å². The molecule has 1 aromatic heterocycles. The Bertz CT molecular complexity index is 1170. The van der Waals surface area contributed by atoms with Crippen molar-refractivity contribution in [2.75, 3.05) is 14.2 Å². The monoisotopic (exact) mass is 388 g/mol. The zero-order valence-corrected chi connectivity index (χ0v) is 16.1. The van der Waals surface area contributed by atoms with Crippen molar-refractivity contribution in [3.8, 4) is 22.8 Å². The van der Waals surface area contributed by atoms with Gasteiger partial charge in [-0.15, -0.1) is 0 Å². The average Bonchev–Trinajstić information content (AvgIpc) is 3.25. The number of fused-ring (bicyclic) bond motifs is 1. The molecule has 29 heavy (non-hydrogen) atoms. The molecule has 0 bridgehead atoms. The third-order valence-electron chi connectivity index (χ3n) is 4.67. The molecular formula is C23H20N2O4. The molecule has 0 saturated carbocycles. The van der Waals surface area contributed by atoms with Crippen molar-refractivity contribution < 1.29 is 18.8 Å². The van der Waals surface area contributed by atoms with E-state index in [1.165, 1.54) is 7.11 Å². The van der Waals surface area contributed by atoms with E-state index >= 15 is 0 Å². The van der Waals surface area contributed by atoms with Gasteiger partial charge in [-0.2, -0.15) is 0 Å². The second kappa shape index (κ2) is 8.06. The van der Waals surface area contributed by atoms with Crippen LogP contribution in [0.3, 0.4) is 0 Å². The van der Waals surface area contributed by atoms with Crippen LogP contribution in [0.15, 0.2) is 71.3 Å². The molecular weight excluding hydrogens is 368 g/mol. The van der Waals surface area contributed by atoms with Crippen LogP contribution >= 0.6 is 0 Å². The second-order valence-corrected chi connectivity index (χ2v) is 6.50. The lowest BCUT2D eigenvalue weighted by Crippen LogP contribution is -2.22. The standard InChI is InChI=1S/C23H20N2O4/c1-27-20-10-9-18(12-22(20)28-2)23(26)24-14-19-13-21(29-25-19)17-8-7-15-5-3-4-6-16(15)11-17/h3-13H,14H2,1-2H3,(H,24,26). The van der Waals surface area contributed by atoms with Crippen molar-refractivity contribution in [3.05, 3.63) is 78.0 Å². The Kier molecular flexibility index (Phi) is 5.16. The molecule has 0 aliphatic heterocycles. The summed E-state index contributed by atoms with van der Waals surface area (Å²) in [6, 6.07) is 21.1. The first-order valence-electron chi connectivity index (χ1n) is 9.13. The maximum absolute atomic E-state index is 12.4. The first-order valence-corrected chi connectivity index (χ1v) is 9.13. The van der Waals surface area contributed by atoms with Gasteiger partial charge in [0.25, 0.3) is 5.91 Å². The van der Waals surface area contributed by atoms with E-state index in [1.807, 2.05) is 30.3 Å². The second-order valence-electron chi connectivity index (χ2n) is 6.50. The molecule has 0 atom stereocenters. The quantitative estimate of drug-likeness (QED) is 0.529. The summed E-state index contributed by atoms with van der Waals surface area (Å²) >= 11 is 0. The van der Waals surface area contributed by atoms with Gasteiger partial charge in [0.2, 0.25) is 0 Å². The molecule has 0 fully saturated rings. The summed E-state index contributed by atoms with van der Waals surface area (Å²) in [4.78, 5) is 12.4. The zero-order valence-electron chi connectivity index (χ0n) is 16.1. The van der Waals surface area contributed by atoms with E-state index in [1.54, 1.807) is 25.3 Å². The fourth-order valence-electron chi connectivity index (χ4n) is 3.12.